The number of carbonyl (C=O) groups is 3. The molecule has 8 nitrogen and oxygen atoms in total. The van der Waals surface area contributed by atoms with Gasteiger partial charge in [-0.1, -0.05) is 0 Å². The lowest BCUT2D eigenvalue weighted by Crippen LogP contribution is -2.58. The number of carbonyl (C=O) groups excluding carboxylic acids is 2. The zero-order valence-corrected chi connectivity index (χ0v) is 10.5. The fraction of sp³-hybridized carbons (Fsp3) is 0.727. The number of aliphatic carboxylic acids is 1. The van der Waals surface area contributed by atoms with Crippen LogP contribution in [0.1, 0.15) is 6.42 Å². The number of nitrogens with one attached hydrogen (secondary N) is 1. The number of carboxylic acid groups (broad SMARTS) is 1. The standard InChI is InChI=1S/C11H17N3O5/c15-9-6-13(2-1-12-9)11(18)14-3-4-19-7-8(14)5-10(16)17/h8H,1-7H2,(H,12,15)(H,16,17). The minimum absolute atomic E-state index is 0.0238. The Morgan fingerprint density at radius 1 is 1.42 bits per heavy atom. The van der Waals surface area contributed by atoms with Crippen molar-refractivity contribution in [3.05, 3.63) is 0 Å². The third-order valence-corrected chi connectivity index (χ3v) is 3.19. The van der Waals surface area contributed by atoms with E-state index in [0.717, 1.165) is 0 Å². The van der Waals surface area contributed by atoms with Gasteiger partial charge in [-0.15, -0.1) is 0 Å². The van der Waals surface area contributed by atoms with E-state index in [0.29, 0.717) is 26.2 Å². The minimum Gasteiger partial charge on any atom is -0.481 e. The second kappa shape index (κ2) is 5.87. The molecule has 2 fully saturated rings. The lowest BCUT2D eigenvalue weighted by molar-refractivity contribution is -0.139. The van der Waals surface area contributed by atoms with E-state index in [2.05, 4.69) is 5.32 Å². The Labute approximate surface area is 110 Å². The van der Waals surface area contributed by atoms with Gasteiger partial charge in [-0.2, -0.15) is 0 Å². The molecule has 0 aliphatic carbocycles. The highest BCUT2D eigenvalue weighted by Crippen LogP contribution is 2.14. The van der Waals surface area contributed by atoms with Crippen molar-refractivity contribution in [2.24, 2.45) is 0 Å². The van der Waals surface area contributed by atoms with E-state index in [1.165, 1.54) is 9.80 Å². The second-order valence-corrected chi connectivity index (χ2v) is 4.57. The molecule has 106 valence electrons. The maximum absolute atomic E-state index is 12.3. The first-order valence-electron chi connectivity index (χ1n) is 6.19. The zero-order valence-electron chi connectivity index (χ0n) is 10.5. The maximum atomic E-state index is 12.3. The molecule has 1 unspecified atom stereocenters. The summed E-state index contributed by atoms with van der Waals surface area (Å²) in [6.45, 7) is 1.87. The molecule has 0 saturated carbocycles. The van der Waals surface area contributed by atoms with E-state index in [-0.39, 0.29) is 31.5 Å². The summed E-state index contributed by atoms with van der Waals surface area (Å²) in [7, 11) is 0. The molecule has 0 aromatic carbocycles. The molecule has 2 aliphatic rings. The number of amides is 3. The minimum atomic E-state index is -0.968. The highest BCUT2D eigenvalue weighted by atomic mass is 16.5. The zero-order chi connectivity index (χ0) is 13.8. The molecular weight excluding hydrogens is 254 g/mol. The largest absolute Gasteiger partial charge is 0.481 e. The number of morpholine rings is 1. The van der Waals surface area contributed by atoms with E-state index < -0.39 is 12.0 Å². The smallest absolute Gasteiger partial charge is 0.320 e. The van der Waals surface area contributed by atoms with E-state index in [9.17, 15) is 14.4 Å². The molecule has 2 aliphatic heterocycles. The number of ether oxygens (including phenoxy) is 1. The number of piperazine rings is 1. The third-order valence-electron chi connectivity index (χ3n) is 3.19. The van der Waals surface area contributed by atoms with E-state index in [1.807, 2.05) is 0 Å². The summed E-state index contributed by atoms with van der Waals surface area (Å²) in [6.07, 6.45) is -0.147. The summed E-state index contributed by atoms with van der Waals surface area (Å²) in [5.41, 5.74) is 0. The van der Waals surface area contributed by atoms with Crippen molar-refractivity contribution < 1.29 is 24.2 Å². The highest BCUT2D eigenvalue weighted by molar-refractivity contribution is 5.85. The Morgan fingerprint density at radius 3 is 2.89 bits per heavy atom. The Kier molecular flexibility index (Phi) is 4.20. The summed E-state index contributed by atoms with van der Waals surface area (Å²) in [4.78, 5) is 37.3. The van der Waals surface area contributed by atoms with Gasteiger partial charge >= 0.3 is 12.0 Å². The molecule has 2 saturated heterocycles. The molecule has 0 bridgehead atoms. The van der Waals surface area contributed by atoms with Crippen LogP contribution in [0.2, 0.25) is 0 Å². The average Bonchev–Trinajstić information content (AvgIpc) is 2.38. The van der Waals surface area contributed by atoms with Gasteiger partial charge in [-0.05, 0) is 0 Å². The third kappa shape index (κ3) is 3.34. The number of rotatable bonds is 2. The predicted molar refractivity (Wildman–Crippen MR) is 63.5 cm³/mol. The monoisotopic (exact) mass is 271 g/mol. The van der Waals surface area contributed by atoms with Gasteiger partial charge in [0.15, 0.2) is 0 Å². The quantitative estimate of drug-likeness (QED) is 0.651. The molecule has 0 spiro atoms. The van der Waals surface area contributed by atoms with E-state index >= 15 is 0 Å². The molecule has 2 N–H and O–H groups in total. The molecule has 19 heavy (non-hydrogen) atoms. The van der Waals surface area contributed by atoms with Gasteiger partial charge in [0, 0.05) is 19.6 Å². The summed E-state index contributed by atoms with van der Waals surface area (Å²) in [6, 6.07) is -0.756. The highest BCUT2D eigenvalue weighted by Gasteiger charge is 2.33. The summed E-state index contributed by atoms with van der Waals surface area (Å²) in [5.74, 6) is -1.16. The van der Waals surface area contributed by atoms with Crippen LogP contribution in [-0.2, 0) is 14.3 Å². The molecule has 0 aromatic heterocycles. The Morgan fingerprint density at radius 2 is 2.21 bits per heavy atom. The van der Waals surface area contributed by atoms with Gasteiger partial charge in [0.2, 0.25) is 5.91 Å². The van der Waals surface area contributed by atoms with Crippen LogP contribution in [0.3, 0.4) is 0 Å². The lowest BCUT2D eigenvalue weighted by atomic mass is 10.1. The van der Waals surface area contributed by atoms with Gasteiger partial charge in [0.05, 0.1) is 25.7 Å². The molecule has 8 heteroatoms. The first-order chi connectivity index (χ1) is 9.08. The number of hydrogen-bond acceptors (Lipinski definition) is 4. The first kappa shape index (κ1) is 13.6. The van der Waals surface area contributed by atoms with Gasteiger partial charge < -0.3 is 25.0 Å². The lowest BCUT2D eigenvalue weighted by Gasteiger charge is -2.39. The predicted octanol–water partition coefficient (Wildman–Crippen LogP) is -1.29. The molecular formula is C11H17N3O5. The van der Waals surface area contributed by atoms with Crippen LogP contribution in [0.5, 0.6) is 0 Å². The van der Waals surface area contributed by atoms with Gasteiger partial charge in [0.25, 0.3) is 0 Å². The van der Waals surface area contributed by atoms with Crippen molar-refractivity contribution in [2.45, 2.75) is 12.5 Å². The average molecular weight is 271 g/mol. The number of urea groups is 1. The first-order valence-corrected chi connectivity index (χ1v) is 6.19. The van der Waals surface area contributed by atoms with Crippen LogP contribution in [0.4, 0.5) is 4.79 Å². The fourth-order valence-corrected chi connectivity index (χ4v) is 2.26. The molecule has 0 radical (unpaired) electrons. The molecule has 2 heterocycles. The Bertz CT molecular complexity index is 387. The van der Waals surface area contributed by atoms with Crippen molar-refractivity contribution in [1.29, 1.82) is 0 Å². The molecule has 2 rings (SSSR count). The van der Waals surface area contributed by atoms with Crippen LogP contribution in [0, 0.1) is 0 Å². The van der Waals surface area contributed by atoms with Crippen LogP contribution in [-0.4, -0.2) is 78.2 Å². The SMILES string of the molecule is O=C(O)CC1COCCN1C(=O)N1CCNC(=O)C1. The topological polar surface area (TPSA) is 99.2 Å². The Balaban J connectivity index is 2.02. The summed E-state index contributed by atoms with van der Waals surface area (Å²) >= 11 is 0. The molecule has 1 atom stereocenters. The maximum Gasteiger partial charge on any atom is 0.320 e. The van der Waals surface area contributed by atoms with Gasteiger partial charge in [-0.25, -0.2) is 4.79 Å². The van der Waals surface area contributed by atoms with Crippen molar-refractivity contribution in [1.82, 2.24) is 15.1 Å². The summed E-state index contributed by atoms with van der Waals surface area (Å²) < 4.78 is 5.22. The van der Waals surface area contributed by atoms with Crippen LogP contribution in [0.25, 0.3) is 0 Å². The molecule has 0 aromatic rings. The number of nitrogens with zero attached hydrogens (tertiary/aromatic N) is 2. The second-order valence-electron chi connectivity index (χ2n) is 4.57. The van der Waals surface area contributed by atoms with E-state index in [1.54, 1.807) is 0 Å². The van der Waals surface area contributed by atoms with E-state index in [4.69, 9.17) is 9.84 Å². The number of carboxylic acids is 1. The van der Waals surface area contributed by atoms with Gasteiger partial charge in [0.1, 0.15) is 6.54 Å². The van der Waals surface area contributed by atoms with Gasteiger partial charge in [-0.3, -0.25) is 9.59 Å². The number of hydrogen-bond donors (Lipinski definition) is 2. The van der Waals surface area contributed by atoms with Crippen molar-refractivity contribution in [2.75, 3.05) is 39.4 Å². The van der Waals surface area contributed by atoms with Crippen LogP contribution in [0.15, 0.2) is 0 Å². The normalized spacial score (nSPS) is 24.0. The van der Waals surface area contributed by atoms with Crippen LogP contribution >= 0.6 is 0 Å². The fourth-order valence-electron chi connectivity index (χ4n) is 2.26. The van der Waals surface area contributed by atoms with Crippen molar-refractivity contribution >= 4 is 17.9 Å². The van der Waals surface area contributed by atoms with Crippen molar-refractivity contribution in [3.8, 4) is 0 Å². The Hall–Kier alpha value is -1.83. The molecule has 3 amide bonds. The van der Waals surface area contributed by atoms with Crippen LogP contribution < -0.4 is 5.32 Å². The van der Waals surface area contributed by atoms with Crippen molar-refractivity contribution in [3.63, 3.8) is 0 Å². The summed E-state index contributed by atoms with van der Waals surface area (Å²) in [5, 5.41) is 11.5.